The van der Waals surface area contributed by atoms with Crippen LogP contribution in [-0.2, 0) is 0 Å². The Morgan fingerprint density at radius 3 is 1.94 bits per heavy atom. The number of halogens is 5. The van der Waals surface area contributed by atoms with E-state index in [2.05, 4.69) is 0 Å². The van der Waals surface area contributed by atoms with Crippen molar-refractivity contribution in [2.45, 2.75) is 22.7 Å². The molecule has 7 heteroatoms. The summed E-state index contributed by atoms with van der Waals surface area (Å²) in [5.74, 6) is 0.529. The number of ether oxygens (including phenoxy) is 1. The van der Waals surface area contributed by atoms with E-state index in [4.69, 9.17) is 4.74 Å². The summed E-state index contributed by atoms with van der Waals surface area (Å²) < 4.78 is 66.9. The molecule has 0 aliphatic heterocycles. The van der Waals surface area contributed by atoms with E-state index < -0.39 is 30.8 Å². The van der Waals surface area contributed by atoms with Crippen molar-refractivity contribution in [3.8, 4) is 5.75 Å². The average molecular weight is 333 g/mol. The molecule has 0 N–H and O–H groups in total. The second-order valence-corrected chi connectivity index (χ2v) is 6.60. The van der Waals surface area contributed by atoms with Crippen LogP contribution in [0.2, 0.25) is 0 Å². The van der Waals surface area contributed by atoms with Crippen LogP contribution in [0.15, 0.2) is 24.3 Å². The van der Waals surface area contributed by atoms with Gasteiger partial charge in [0.2, 0.25) is 0 Å². The Balaban J connectivity index is 2.78. The third kappa shape index (κ3) is 3.59. The van der Waals surface area contributed by atoms with Crippen molar-refractivity contribution in [3.05, 3.63) is 29.8 Å². The molecular weight excluding hydrogens is 322 g/mol. The molecule has 1 aromatic rings. The molecule has 0 amide bonds. The molecule has 0 aromatic heterocycles. The van der Waals surface area contributed by atoms with Gasteiger partial charge in [-0.25, -0.2) is 0 Å². The predicted molar refractivity (Wildman–Crippen MR) is 58.2 cm³/mol. The van der Waals surface area contributed by atoms with Crippen LogP contribution in [0.4, 0.5) is 22.0 Å². The molecule has 0 aliphatic carbocycles. The predicted octanol–water partition coefficient (Wildman–Crippen LogP) is 3.62. The number of benzene rings is 1. The van der Waals surface area contributed by atoms with Crippen LogP contribution in [0, 0.1) is 0 Å². The summed E-state index contributed by atoms with van der Waals surface area (Å²) in [5, 5.41) is 0. The van der Waals surface area contributed by atoms with E-state index in [9.17, 15) is 22.0 Å². The third-order valence-electron chi connectivity index (χ3n) is 2.24. The number of hydrogen-bond donors (Lipinski definition) is 0. The molecule has 1 aromatic carbocycles. The van der Waals surface area contributed by atoms with Crippen LogP contribution in [0.1, 0.15) is 17.3 Å². The van der Waals surface area contributed by atoms with Crippen molar-refractivity contribution in [2.24, 2.45) is 0 Å². The first kappa shape index (κ1) is 15.2. The number of methoxy groups -OCH3 is 1. The van der Waals surface area contributed by atoms with Crippen molar-refractivity contribution in [3.63, 3.8) is 0 Å². The van der Waals surface area contributed by atoms with Crippen molar-refractivity contribution in [2.75, 3.05) is 7.11 Å². The number of hydrogen-bond acceptors (Lipinski definition) is 1. The molecule has 0 bridgehead atoms. The quantitative estimate of drug-likeness (QED) is 0.604. The summed E-state index contributed by atoms with van der Waals surface area (Å²) in [6, 6.07) is 6.07. The molecule has 1 unspecified atom stereocenters. The van der Waals surface area contributed by atoms with Crippen molar-refractivity contribution in [1.29, 1.82) is 0 Å². The van der Waals surface area contributed by atoms with Crippen LogP contribution < -0.4 is 4.74 Å². The molecule has 1 nitrogen and oxygen atoms in total. The van der Waals surface area contributed by atoms with Crippen molar-refractivity contribution >= 4 is 15.0 Å². The van der Waals surface area contributed by atoms with Crippen molar-refractivity contribution < 1.29 is 26.7 Å². The van der Waals surface area contributed by atoms with E-state index in [0.717, 1.165) is 0 Å². The van der Waals surface area contributed by atoms with E-state index in [1.807, 2.05) is 0 Å². The van der Waals surface area contributed by atoms with Gasteiger partial charge in [-0.05, 0) is 0 Å². The normalized spacial score (nSPS) is 14.4. The van der Waals surface area contributed by atoms with Gasteiger partial charge in [0.05, 0.1) is 0 Å². The molecule has 0 aliphatic rings. The minimum absolute atomic E-state index is 0.444. The second-order valence-electron chi connectivity index (χ2n) is 3.55. The first-order chi connectivity index (χ1) is 8.17. The van der Waals surface area contributed by atoms with Crippen LogP contribution >= 0.6 is 0 Å². The van der Waals surface area contributed by atoms with Gasteiger partial charge >= 0.3 is 107 Å². The molecule has 1 atom stereocenters. The maximum absolute atomic E-state index is 12.9. The minimum atomic E-state index is -5.48. The van der Waals surface area contributed by atoms with Crippen molar-refractivity contribution in [1.82, 2.24) is 0 Å². The van der Waals surface area contributed by atoms with Gasteiger partial charge in [0.15, 0.2) is 0 Å². The zero-order valence-electron chi connectivity index (χ0n) is 9.59. The van der Waals surface area contributed by atoms with Gasteiger partial charge in [0, 0.05) is 0 Å². The first-order valence-electron chi connectivity index (χ1n) is 4.93. The fourth-order valence-electron chi connectivity index (χ4n) is 1.23. The summed E-state index contributed by atoms with van der Waals surface area (Å²) in [5.41, 5.74) is 0.444. The molecule has 0 saturated carbocycles. The molecule has 0 fully saturated rings. The Morgan fingerprint density at radius 1 is 1.06 bits per heavy atom. The SMILES string of the molecule is COc1ccc(C(C)[Se]C(F)(F)C(F)(F)F)cc1. The molecular formula is C11H11F5OSe. The van der Waals surface area contributed by atoms with Gasteiger partial charge in [-0.3, -0.25) is 0 Å². The molecule has 0 heterocycles. The van der Waals surface area contributed by atoms with E-state index in [1.165, 1.54) is 38.3 Å². The average Bonchev–Trinajstić information content (AvgIpc) is 2.27. The Labute approximate surface area is 107 Å². The fourth-order valence-corrected chi connectivity index (χ4v) is 3.06. The number of alkyl halides is 5. The zero-order chi connectivity index (χ0) is 14.0. The summed E-state index contributed by atoms with van der Waals surface area (Å²) in [6.45, 7) is 1.36. The molecule has 0 saturated heterocycles. The van der Waals surface area contributed by atoms with Gasteiger partial charge in [-0.15, -0.1) is 0 Å². The molecule has 0 radical (unpaired) electrons. The monoisotopic (exact) mass is 334 g/mol. The van der Waals surface area contributed by atoms with E-state index >= 15 is 0 Å². The molecule has 1 rings (SSSR count). The molecule has 102 valence electrons. The third-order valence-corrected chi connectivity index (χ3v) is 4.66. The summed E-state index contributed by atoms with van der Waals surface area (Å²) >= 11 is -1.89. The van der Waals surface area contributed by atoms with Gasteiger partial charge in [0.1, 0.15) is 0 Å². The van der Waals surface area contributed by atoms with Gasteiger partial charge in [0.25, 0.3) is 0 Å². The van der Waals surface area contributed by atoms with Gasteiger partial charge in [-0.1, -0.05) is 0 Å². The standard InChI is InChI=1S/C11H11F5OSe/c1-7(18-11(15,16)10(12,13)14)8-3-5-9(17-2)6-4-8/h3-7H,1-2H3. The van der Waals surface area contributed by atoms with E-state index in [0.29, 0.717) is 11.3 Å². The van der Waals surface area contributed by atoms with Crippen LogP contribution in [-0.4, -0.2) is 33.1 Å². The van der Waals surface area contributed by atoms with E-state index in [1.54, 1.807) is 0 Å². The second kappa shape index (κ2) is 5.45. The Morgan fingerprint density at radius 2 is 1.56 bits per heavy atom. The summed E-state index contributed by atoms with van der Waals surface area (Å²) in [7, 11) is 1.44. The number of rotatable bonds is 4. The fraction of sp³-hybridized carbons (Fsp3) is 0.455. The Bertz CT molecular complexity index is 387. The van der Waals surface area contributed by atoms with Gasteiger partial charge < -0.3 is 0 Å². The molecule has 0 spiro atoms. The topological polar surface area (TPSA) is 9.23 Å². The maximum atomic E-state index is 12.9. The van der Waals surface area contributed by atoms with Crippen LogP contribution in [0.5, 0.6) is 5.75 Å². The Kier molecular flexibility index (Phi) is 4.61. The van der Waals surface area contributed by atoms with Gasteiger partial charge in [-0.2, -0.15) is 0 Å². The molecule has 18 heavy (non-hydrogen) atoms. The van der Waals surface area contributed by atoms with Crippen LogP contribution in [0.3, 0.4) is 0 Å². The zero-order valence-corrected chi connectivity index (χ0v) is 11.3. The Hall–Kier alpha value is -0.811. The first-order valence-corrected chi connectivity index (χ1v) is 6.78. The summed E-state index contributed by atoms with van der Waals surface area (Å²) in [6.07, 6.45) is -5.48. The summed E-state index contributed by atoms with van der Waals surface area (Å²) in [4.78, 5) is -5.45. The van der Waals surface area contributed by atoms with E-state index in [-0.39, 0.29) is 0 Å². The van der Waals surface area contributed by atoms with Crippen LogP contribution in [0.25, 0.3) is 0 Å².